The number of likely N-dealkylation sites (tertiary alicyclic amines) is 2. The van der Waals surface area contributed by atoms with Gasteiger partial charge in [-0.15, -0.1) is 24.0 Å². The number of piperidine rings is 1. The number of rotatable bonds is 6. The fourth-order valence-electron chi connectivity index (χ4n) is 5.26. The summed E-state index contributed by atoms with van der Waals surface area (Å²) in [6.45, 7) is 8.51. The van der Waals surface area contributed by atoms with E-state index in [0.717, 1.165) is 58.2 Å². The lowest BCUT2D eigenvalue weighted by Crippen LogP contribution is -2.59. The highest BCUT2D eigenvalue weighted by molar-refractivity contribution is 14.0. The van der Waals surface area contributed by atoms with E-state index in [1.54, 1.807) is 0 Å². The Kier molecular flexibility index (Phi) is 9.87. The number of ether oxygens (including phenoxy) is 1. The van der Waals surface area contributed by atoms with E-state index >= 15 is 0 Å². The highest BCUT2D eigenvalue weighted by atomic mass is 127. The van der Waals surface area contributed by atoms with Gasteiger partial charge in [0.2, 0.25) is 0 Å². The molecule has 2 N–H and O–H groups in total. The quantitative estimate of drug-likeness (QED) is 0.330. The van der Waals surface area contributed by atoms with Gasteiger partial charge in [0.25, 0.3) is 0 Å². The van der Waals surface area contributed by atoms with Crippen LogP contribution in [0.15, 0.2) is 35.3 Å². The molecule has 3 aliphatic rings. The van der Waals surface area contributed by atoms with Crippen molar-refractivity contribution in [2.45, 2.75) is 56.7 Å². The molecule has 0 radical (unpaired) electrons. The molecule has 6 nitrogen and oxygen atoms in total. The summed E-state index contributed by atoms with van der Waals surface area (Å²) in [6.07, 6.45) is 7.23. The summed E-state index contributed by atoms with van der Waals surface area (Å²) in [6, 6.07) is 11.3. The third kappa shape index (κ3) is 6.79. The first-order chi connectivity index (χ1) is 14.8. The second kappa shape index (κ2) is 12.4. The second-order valence-corrected chi connectivity index (χ2v) is 9.14. The maximum atomic E-state index is 5.69. The fourth-order valence-corrected chi connectivity index (χ4v) is 5.26. The molecular formula is C24H40IN5O. The van der Waals surface area contributed by atoms with Crippen molar-refractivity contribution in [1.29, 1.82) is 0 Å². The highest BCUT2D eigenvalue weighted by Crippen LogP contribution is 2.30. The Morgan fingerprint density at radius 3 is 2.39 bits per heavy atom. The molecule has 0 atom stereocenters. The van der Waals surface area contributed by atoms with E-state index in [4.69, 9.17) is 4.74 Å². The van der Waals surface area contributed by atoms with Crippen LogP contribution in [0.5, 0.6) is 0 Å². The molecule has 0 aromatic heterocycles. The zero-order valence-electron chi connectivity index (χ0n) is 19.0. The van der Waals surface area contributed by atoms with Gasteiger partial charge in [0, 0.05) is 58.0 Å². The average Bonchev–Trinajstić information content (AvgIpc) is 3.35. The van der Waals surface area contributed by atoms with Crippen molar-refractivity contribution in [3.63, 3.8) is 0 Å². The first-order valence-corrected chi connectivity index (χ1v) is 11.8. The molecule has 0 unspecified atom stereocenters. The van der Waals surface area contributed by atoms with Gasteiger partial charge in [0.15, 0.2) is 5.96 Å². The van der Waals surface area contributed by atoms with E-state index in [9.17, 15) is 0 Å². The van der Waals surface area contributed by atoms with Crippen LogP contribution in [0, 0.1) is 0 Å². The fraction of sp³-hybridized carbons (Fsp3) is 0.708. The Balaban J connectivity index is 0.00000272. The molecule has 0 spiro atoms. The zero-order chi connectivity index (χ0) is 20.7. The summed E-state index contributed by atoms with van der Waals surface area (Å²) >= 11 is 0. The SMILES string of the molecule is CN=C(NCC1(N2CCCC2)CCOCC1)NC1CCN(Cc2ccccc2)CC1.I. The summed E-state index contributed by atoms with van der Waals surface area (Å²) in [5, 5.41) is 7.38. The smallest absolute Gasteiger partial charge is 0.191 e. The van der Waals surface area contributed by atoms with Gasteiger partial charge in [-0.3, -0.25) is 14.8 Å². The molecule has 4 rings (SSSR count). The van der Waals surface area contributed by atoms with Crippen molar-refractivity contribution in [1.82, 2.24) is 20.4 Å². The lowest BCUT2D eigenvalue weighted by atomic mass is 9.88. The minimum absolute atomic E-state index is 0. The molecule has 0 bridgehead atoms. The number of benzene rings is 1. The molecule has 0 aliphatic carbocycles. The molecule has 7 heteroatoms. The highest BCUT2D eigenvalue weighted by Gasteiger charge is 2.39. The second-order valence-electron chi connectivity index (χ2n) is 9.14. The standard InChI is InChI=1S/C24H39N5O.HI/c1-25-23(26-20-24(11-17-30-18-12-24)29-13-5-6-14-29)27-22-9-15-28(16-10-22)19-21-7-3-2-4-8-21;/h2-4,7-8,22H,5-6,9-20H2,1H3,(H2,25,26,27);1H. The summed E-state index contributed by atoms with van der Waals surface area (Å²) in [5.74, 6) is 0.960. The van der Waals surface area contributed by atoms with Crippen LogP contribution in [0.2, 0.25) is 0 Å². The Labute approximate surface area is 205 Å². The van der Waals surface area contributed by atoms with Crippen LogP contribution in [0.25, 0.3) is 0 Å². The molecule has 0 saturated carbocycles. The predicted molar refractivity (Wildman–Crippen MR) is 138 cm³/mol. The number of hydrogen-bond donors (Lipinski definition) is 2. The average molecular weight is 542 g/mol. The van der Waals surface area contributed by atoms with Gasteiger partial charge in [-0.2, -0.15) is 0 Å². The van der Waals surface area contributed by atoms with Crippen LogP contribution in [0.4, 0.5) is 0 Å². The Morgan fingerprint density at radius 1 is 1.06 bits per heavy atom. The van der Waals surface area contributed by atoms with Gasteiger partial charge in [-0.05, 0) is 57.2 Å². The number of hydrogen-bond acceptors (Lipinski definition) is 4. The topological polar surface area (TPSA) is 52.1 Å². The van der Waals surface area contributed by atoms with Crippen molar-refractivity contribution < 1.29 is 4.74 Å². The molecule has 3 aliphatic heterocycles. The minimum Gasteiger partial charge on any atom is -0.381 e. The lowest BCUT2D eigenvalue weighted by Gasteiger charge is -2.45. The summed E-state index contributed by atoms with van der Waals surface area (Å²) < 4.78 is 5.69. The number of nitrogens with zero attached hydrogens (tertiary/aromatic N) is 3. The largest absolute Gasteiger partial charge is 0.381 e. The molecule has 31 heavy (non-hydrogen) atoms. The van der Waals surface area contributed by atoms with Crippen molar-refractivity contribution in [3.8, 4) is 0 Å². The number of nitrogens with one attached hydrogen (secondary N) is 2. The van der Waals surface area contributed by atoms with E-state index in [1.807, 2.05) is 7.05 Å². The molecule has 1 aromatic carbocycles. The normalized spacial score (nSPS) is 23.3. The Bertz CT molecular complexity index is 666. The molecule has 3 saturated heterocycles. The zero-order valence-corrected chi connectivity index (χ0v) is 21.4. The first-order valence-electron chi connectivity index (χ1n) is 11.8. The van der Waals surface area contributed by atoms with Gasteiger partial charge >= 0.3 is 0 Å². The van der Waals surface area contributed by atoms with Crippen LogP contribution in [-0.2, 0) is 11.3 Å². The minimum atomic E-state index is 0. The molecule has 0 amide bonds. The summed E-state index contributed by atoms with van der Waals surface area (Å²) in [7, 11) is 1.90. The molecule has 174 valence electrons. The van der Waals surface area contributed by atoms with Crippen molar-refractivity contribution >= 4 is 29.9 Å². The van der Waals surface area contributed by atoms with Crippen LogP contribution in [0.3, 0.4) is 0 Å². The van der Waals surface area contributed by atoms with Crippen molar-refractivity contribution in [3.05, 3.63) is 35.9 Å². The van der Waals surface area contributed by atoms with Crippen molar-refractivity contribution in [2.24, 2.45) is 4.99 Å². The molecule has 3 fully saturated rings. The maximum absolute atomic E-state index is 5.69. The molecule has 3 heterocycles. The number of halogens is 1. The Morgan fingerprint density at radius 2 is 1.74 bits per heavy atom. The van der Waals surface area contributed by atoms with Gasteiger partial charge in [-0.1, -0.05) is 30.3 Å². The monoisotopic (exact) mass is 541 g/mol. The maximum Gasteiger partial charge on any atom is 0.191 e. The van der Waals surface area contributed by atoms with E-state index in [1.165, 1.54) is 44.3 Å². The van der Waals surface area contributed by atoms with E-state index in [-0.39, 0.29) is 29.5 Å². The van der Waals surface area contributed by atoms with E-state index < -0.39 is 0 Å². The molecule has 1 aromatic rings. The predicted octanol–water partition coefficient (Wildman–Crippen LogP) is 3.08. The molecular weight excluding hydrogens is 501 g/mol. The van der Waals surface area contributed by atoms with Crippen LogP contribution < -0.4 is 10.6 Å². The van der Waals surface area contributed by atoms with Crippen molar-refractivity contribution in [2.75, 3.05) is 53.0 Å². The van der Waals surface area contributed by atoms with E-state index in [2.05, 4.69) is 55.8 Å². The van der Waals surface area contributed by atoms with Gasteiger partial charge in [0.1, 0.15) is 0 Å². The van der Waals surface area contributed by atoms with Crippen LogP contribution >= 0.6 is 24.0 Å². The summed E-state index contributed by atoms with van der Waals surface area (Å²) in [4.78, 5) is 9.81. The Hall–Kier alpha value is -0.900. The van der Waals surface area contributed by atoms with Crippen LogP contribution in [-0.4, -0.2) is 80.3 Å². The van der Waals surface area contributed by atoms with Gasteiger partial charge in [0.05, 0.1) is 0 Å². The third-order valence-corrected chi connectivity index (χ3v) is 7.19. The number of guanidine groups is 1. The summed E-state index contributed by atoms with van der Waals surface area (Å²) in [5.41, 5.74) is 1.64. The van der Waals surface area contributed by atoms with Gasteiger partial charge in [-0.25, -0.2) is 0 Å². The van der Waals surface area contributed by atoms with E-state index in [0.29, 0.717) is 6.04 Å². The van der Waals surface area contributed by atoms with Crippen LogP contribution in [0.1, 0.15) is 44.1 Å². The lowest BCUT2D eigenvalue weighted by molar-refractivity contribution is -0.0164. The third-order valence-electron chi connectivity index (χ3n) is 7.19. The van der Waals surface area contributed by atoms with Gasteiger partial charge < -0.3 is 15.4 Å². The number of aliphatic imine (C=N–C) groups is 1. The first kappa shape index (κ1) is 24.7.